The number of carbonyl (C=O) groups is 1. The largest absolute Gasteiger partial charge is 0.345 e. The summed E-state index contributed by atoms with van der Waals surface area (Å²) < 4.78 is 0. The van der Waals surface area contributed by atoms with Gasteiger partial charge < -0.3 is 5.32 Å². The van der Waals surface area contributed by atoms with Gasteiger partial charge in [-0.05, 0) is 44.4 Å². The molecule has 2 aromatic carbocycles. The van der Waals surface area contributed by atoms with E-state index in [2.05, 4.69) is 11.4 Å². The van der Waals surface area contributed by atoms with Crippen molar-refractivity contribution in [3.8, 4) is 0 Å². The molecule has 0 saturated carbocycles. The highest BCUT2D eigenvalue weighted by molar-refractivity contribution is 5.95. The summed E-state index contributed by atoms with van der Waals surface area (Å²) in [5.41, 5.74) is 4.16. The van der Waals surface area contributed by atoms with Crippen LogP contribution in [0, 0.1) is 30.9 Å². The van der Waals surface area contributed by atoms with Crippen molar-refractivity contribution in [3.63, 3.8) is 0 Å². The van der Waals surface area contributed by atoms with E-state index in [9.17, 15) is 14.9 Å². The molecule has 0 spiro atoms. The normalized spacial score (nSPS) is 11.8. The second kappa shape index (κ2) is 7.25. The van der Waals surface area contributed by atoms with Crippen molar-refractivity contribution in [2.45, 2.75) is 40.2 Å². The maximum atomic E-state index is 12.5. The fourth-order valence-corrected chi connectivity index (χ4v) is 2.81. The van der Waals surface area contributed by atoms with E-state index < -0.39 is 4.92 Å². The van der Waals surface area contributed by atoms with Gasteiger partial charge in [-0.25, -0.2) is 0 Å². The van der Waals surface area contributed by atoms with Gasteiger partial charge in [0.15, 0.2) is 0 Å². The molecule has 0 saturated heterocycles. The third kappa shape index (κ3) is 3.79. The standard InChI is InChI=1S/C19H22N2O3/c1-5-17(16-9-6-12(2)10-14(16)4)20-19(22)15-8-7-13(3)18(11-15)21(23)24/h6-11,17H,5H2,1-4H3,(H,20,22)/t17-/m0/s1. The highest BCUT2D eigenvalue weighted by Gasteiger charge is 2.19. The Kier molecular flexibility index (Phi) is 5.34. The monoisotopic (exact) mass is 326 g/mol. The molecule has 1 amide bonds. The van der Waals surface area contributed by atoms with Crippen LogP contribution in [-0.4, -0.2) is 10.8 Å². The van der Waals surface area contributed by atoms with Gasteiger partial charge in [-0.15, -0.1) is 0 Å². The van der Waals surface area contributed by atoms with Crippen LogP contribution in [0.2, 0.25) is 0 Å². The maximum absolute atomic E-state index is 12.5. The number of nitro groups is 1. The van der Waals surface area contributed by atoms with Crippen molar-refractivity contribution < 1.29 is 9.72 Å². The molecule has 5 heteroatoms. The van der Waals surface area contributed by atoms with Gasteiger partial charge in [0, 0.05) is 17.2 Å². The third-order valence-corrected chi connectivity index (χ3v) is 4.18. The third-order valence-electron chi connectivity index (χ3n) is 4.18. The Hall–Kier alpha value is -2.69. The van der Waals surface area contributed by atoms with E-state index in [1.54, 1.807) is 19.1 Å². The van der Waals surface area contributed by atoms with Crippen molar-refractivity contribution >= 4 is 11.6 Å². The first-order valence-electron chi connectivity index (χ1n) is 7.96. The van der Waals surface area contributed by atoms with Crippen LogP contribution in [0.15, 0.2) is 36.4 Å². The van der Waals surface area contributed by atoms with Crippen molar-refractivity contribution in [2.75, 3.05) is 0 Å². The van der Waals surface area contributed by atoms with Gasteiger partial charge in [-0.2, -0.15) is 0 Å². The van der Waals surface area contributed by atoms with Crippen LogP contribution in [0.5, 0.6) is 0 Å². The molecule has 0 aromatic heterocycles. The van der Waals surface area contributed by atoms with E-state index >= 15 is 0 Å². The predicted molar refractivity (Wildman–Crippen MR) is 94.2 cm³/mol. The number of nitro benzene ring substituents is 1. The average Bonchev–Trinajstić information content (AvgIpc) is 2.53. The molecular weight excluding hydrogens is 304 g/mol. The minimum atomic E-state index is -0.465. The summed E-state index contributed by atoms with van der Waals surface area (Å²) >= 11 is 0. The maximum Gasteiger partial charge on any atom is 0.273 e. The van der Waals surface area contributed by atoms with Crippen LogP contribution in [0.4, 0.5) is 5.69 Å². The zero-order valence-electron chi connectivity index (χ0n) is 14.4. The molecule has 0 heterocycles. The van der Waals surface area contributed by atoms with Crippen LogP contribution in [0.3, 0.4) is 0 Å². The number of amides is 1. The highest BCUT2D eigenvalue weighted by atomic mass is 16.6. The molecule has 24 heavy (non-hydrogen) atoms. The average molecular weight is 326 g/mol. The quantitative estimate of drug-likeness (QED) is 0.654. The first-order valence-corrected chi connectivity index (χ1v) is 7.96. The molecule has 0 radical (unpaired) electrons. The molecule has 2 aromatic rings. The highest BCUT2D eigenvalue weighted by Crippen LogP contribution is 2.23. The molecule has 0 unspecified atom stereocenters. The molecule has 126 valence electrons. The number of nitrogens with one attached hydrogen (secondary N) is 1. The molecule has 1 atom stereocenters. The zero-order chi connectivity index (χ0) is 17.9. The fourth-order valence-electron chi connectivity index (χ4n) is 2.81. The lowest BCUT2D eigenvalue weighted by molar-refractivity contribution is -0.385. The van der Waals surface area contributed by atoms with Gasteiger partial charge in [0.2, 0.25) is 0 Å². The second-order valence-corrected chi connectivity index (χ2v) is 6.05. The molecular formula is C19H22N2O3. The Labute approximate surface area is 141 Å². The second-order valence-electron chi connectivity index (χ2n) is 6.05. The van der Waals surface area contributed by atoms with Gasteiger partial charge in [0.05, 0.1) is 11.0 Å². The molecule has 0 fully saturated rings. The van der Waals surface area contributed by atoms with Gasteiger partial charge >= 0.3 is 0 Å². The Balaban J connectivity index is 2.27. The van der Waals surface area contributed by atoms with Gasteiger partial charge in [-0.1, -0.05) is 36.8 Å². The summed E-state index contributed by atoms with van der Waals surface area (Å²) in [7, 11) is 0. The number of aryl methyl sites for hydroxylation is 3. The first kappa shape index (κ1) is 17.7. The van der Waals surface area contributed by atoms with Crippen LogP contribution in [0.25, 0.3) is 0 Å². The number of hydrogen-bond donors (Lipinski definition) is 1. The molecule has 0 aliphatic rings. The van der Waals surface area contributed by atoms with E-state index in [0.29, 0.717) is 11.1 Å². The summed E-state index contributed by atoms with van der Waals surface area (Å²) in [5.74, 6) is -0.301. The number of benzene rings is 2. The molecule has 2 rings (SSSR count). The number of nitrogens with zero attached hydrogens (tertiary/aromatic N) is 1. The molecule has 0 aliphatic heterocycles. The van der Waals surface area contributed by atoms with E-state index in [-0.39, 0.29) is 17.6 Å². The smallest absolute Gasteiger partial charge is 0.273 e. The van der Waals surface area contributed by atoms with Gasteiger partial charge in [-0.3, -0.25) is 14.9 Å². The number of carbonyl (C=O) groups excluding carboxylic acids is 1. The van der Waals surface area contributed by atoms with E-state index in [4.69, 9.17) is 0 Å². The first-order chi connectivity index (χ1) is 11.3. The fraction of sp³-hybridized carbons (Fsp3) is 0.316. The summed E-state index contributed by atoms with van der Waals surface area (Å²) in [5, 5.41) is 14.0. The van der Waals surface area contributed by atoms with Gasteiger partial charge in [0.25, 0.3) is 11.6 Å². The minimum absolute atomic E-state index is 0.0396. The SMILES string of the molecule is CC[C@H](NC(=O)c1ccc(C)c([N+](=O)[O-])c1)c1ccc(C)cc1C. The summed E-state index contributed by atoms with van der Waals surface area (Å²) in [6.07, 6.45) is 0.740. The van der Waals surface area contributed by atoms with Crippen LogP contribution < -0.4 is 5.32 Å². The number of rotatable bonds is 5. The van der Waals surface area contributed by atoms with E-state index in [1.165, 1.54) is 11.6 Å². The van der Waals surface area contributed by atoms with Crippen molar-refractivity contribution in [1.82, 2.24) is 5.32 Å². The summed E-state index contributed by atoms with van der Waals surface area (Å²) in [6.45, 7) is 7.71. The minimum Gasteiger partial charge on any atom is -0.345 e. The number of hydrogen-bond acceptors (Lipinski definition) is 3. The van der Waals surface area contributed by atoms with Crippen molar-refractivity contribution in [3.05, 3.63) is 74.3 Å². The Morgan fingerprint density at radius 3 is 2.42 bits per heavy atom. The lowest BCUT2D eigenvalue weighted by atomic mass is 9.97. The molecule has 0 bridgehead atoms. The molecule has 0 aliphatic carbocycles. The van der Waals surface area contributed by atoms with Crippen LogP contribution in [-0.2, 0) is 0 Å². The Bertz CT molecular complexity index is 784. The van der Waals surface area contributed by atoms with Crippen molar-refractivity contribution in [2.24, 2.45) is 0 Å². The topological polar surface area (TPSA) is 72.2 Å². The van der Waals surface area contributed by atoms with E-state index in [1.807, 2.05) is 32.9 Å². The van der Waals surface area contributed by atoms with Crippen LogP contribution in [0.1, 0.15) is 52.0 Å². The van der Waals surface area contributed by atoms with E-state index in [0.717, 1.165) is 17.5 Å². The lowest BCUT2D eigenvalue weighted by Gasteiger charge is -2.20. The lowest BCUT2D eigenvalue weighted by Crippen LogP contribution is -2.28. The Morgan fingerprint density at radius 2 is 1.83 bits per heavy atom. The summed E-state index contributed by atoms with van der Waals surface area (Å²) in [6, 6.07) is 10.6. The predicted octanol–water partition coefficient (Wildman–Crippen LogP) is 4.40. The summed E-state index contributed by atoms with van der Waals surface area (Å²) in [4.78, 5) is 23.1. The van der Waals surface area contributed by atoms with Crippen LogP contribution >= 0.6 is 0 Å². The van der Waals surface area contributed by atoms with Gasteiger partial charge in [0.1, 0.15) is 0 Å². The molecule has 5 nitrogen and oxygen atoms in total. The van der Waals surface area contributed by atoms with Crippen molar-refractivity contribution in [1.29, 1.82) is 0 Å². The Morgan fingerprint density at radius 1 is 1.12 bits per heavy atom. The molecule has 1 N–H and O–H groups in total. The zero-order valence-corrected chi connectivity index (χ0v) is 14.4.